The van der Waals surface area contributed by atoms with E-state index in [1.165, 1.54) is 16.5 Å². The molecule has 1 unspecified atom stereocenters. The van der Waals surface area contributed by atoms with E-state index in [-0.39, 0.29) is 23.3 Å². The first-order chi connectivity index (χ1) is 10.6. The second kappa shape index (κ2) is 5.96. The average Bonchev–Trinajstić information content (AvgIpc) is 3.14. The van der Waals surface area contributed by atoms with Crippen LogP contribution in [0.15, 0.2) is 21.9 Å². The maximum absolute atomic E-state index is 12.4. The Labute approximate surface area is 132 Å². The van der Waals surface area contributed by atoms with Gasteiger partial charge in [0.15, 0.2) is 5.76 Å². The second-order valence-electron chi connectivity index (χ2n) is 5.32. The lowest BCUT2D eigenvalue weighted by Crippen LogP contribution is -2.30. The van der Waals surface area contributed by atoms with Gasteiger partial charge in [-0.05, 0) is 36.3 Å². The molecule has 0 bridgehead atoms. The first kappa shape index (κ1) is 14.8. The van der Waals surface area contributed by atoms with Crippen LogP contribution in [0.5, 0.6) is 0 Å². The van der Waals surface area contributed by atoms with Gasteiger partial charge in [-0.1, -0.05) is 6.92 Å². The molecule has 6 heteroatoms. The van der Waals surface area contributed by atoms with Gasteiger partial charge in [0.2, 0.25) is 0 Å². The van der Waals surface area contributed by atoms with Gasteiger partial charge in [-0.25, -0.2) is 4.79 Å². The zero-order valence-corrected chi connectivity index (χ0v) is 13.0. The number of furan rings is 1. The van der Waals surface area contributed by atoms with E-state index in [2.05, 4.69) is 5.32 Å². The number of carbonyl (C=O) groups excluding carboxylic acids is 1. The van der Waals surface area contributed by atoms with Crippen molar-refractivity contribution >= 4 is 23.2 Å². The number of hydrogen-bond donors (Lipinski definition) is 2. The first-order valence-corrected chi connectivity index (χ1v) is 8.21. The second-order valence-corrected chi connectivity index (χ2v) is 6.32. The first-order valence-electron chi connectivity index (χ1n) is 7.33. The highest BCUT2D eigenvalue weighted by Gasteiger charge is 2.26. The number of carboxylic acid groups (broad SMARTS) is 1. The van der Waals surface area contributed by atoms with Gasteiger partial charge in [0.05, 0.1) is 6.04 Å². The van der Waals surface area contributed by atoms with Gasteiger partial charge < -0.3 is 14.8 Å². The molecule has 0 aromatic carbocycles. The highest BCUT2D eigenvalue weighted by Crippen LogP contribution is 2.33. The van der Waals surface area contributed by atoms with E-state index >= 15 is 0 Å². The van der Waals surface area contributed by atoms with Crippen molar-refractivity contribution < 1.29 is 19.1 Å². The van der Waals surface area contributed by atoms with Crippen LogP contribution >= 0.6 is 11.3 Å². The lowest BCUT2D eigenvalue weighted by atomic mass is 9.94. The van der Waals surface area contributed by atoms with Crippen molar-refractivity contribution in [1.82, 2.24) is 5.32 Å². The number of aryl methyl sites for hydroxylation is 2. The fourth-order valence-corrected chi connectivity index (χ4v) is 3.84. The zero-order valence-electron chi connectivity index (χ0n) is 12.2. The third kappa shape index (κ3) is 2.66. The van der Waals surface area contributed by atoms with Crippen molar-refractivity contribution in [3.05, 3.63) is 45.0 Å². The van der Waals surface area contributed by atoms with Crippen LogP contribution in [0.2, 0.25) is 0 Å². The predicted octanol–water partition coefficient (Wildman–Crippen LogP) is 3.41. The summed E-state index contributed by atoms with van der Waals surface area (Å²) in [6.45, 7) is 1.80. The largest absolute Gasteiger partial charge is 0.478 e. The molecule has 2 N–H and O–H groups in total. The monoisotopic (exact) mass is 319 g/mol. The molecular weight excluding hydrogens is 302 g/mol. The highest BCUT2D eigenvalue weighted by atomic mass is 32.1. The molecule has 0 spiro atoms. The lowest BCUT2D eigenvalue weighted by molar-refractivity contribution is 0.0694. The Morgan fingerprint density at radius 3 is 3.00 bits per heavy atom. The van der Waals surface area contributed by atoms with Gasteiger partial charge in [0, 0.05) is 17.4 Å². The van der Waals surface area contributed by atoms with E-state index in [4.69, 9.17) is 9.52 Å². The van der Waals surface area contributed by atoms with Crippen LogP contribution in [-0.4, -0.2) is 17.0 Å². The van der Waals surface area contributed by atoms with Gasteiger partial charge in [-0.15, -0.1) is 11.3 Å². The lowest BCUT2D eigenvalue weighted by Gasteiger charge is -2.23. The fourth-order valence-electron chi connectivity index (χ4n) is 2.85. The predicted molar refractivity (Wildman–Crippen MR) is 82.5 cm³/mol. The number of carbonyl (C=O) groups is 2. The molecule has 1 amide bonds. The van der Waals surface area contributed by atoms with Crippen molar-refractivity contribution in [2.75, 3.05) is 0 Å². The minimum Gasteiger partial charge on any atom is -0.478 e. The molecule has 2 heterocycles. The normalized spacial score (nSPS) is 17.0. The third-order valence-electron chi connectivity index (χ3n) is 3.94. The summed E-state index contributed by atoms with van der Waals surface area (Å²) in [7, 11) is 0. The van der Waals surface area contributed by atoms with Crippen LogP contribution < -0.4 is 5.32 Å². The van der Waals surface area contributed by atoms with Crippen molar-refractivity contribution in [3.8, 4) is 0 Å². The molecule has 1 atom stereocenters. The molecule has 3 rings (SSSR count). The third-order valence-corrected chi connectivity index (χ3v) is 4.94. The Bertz CT molecular complexity index is 716. The summed E-state index contributed by atoms with van der Waals surface area (Å²) in [6.07, 6.45) is 3.43. The van der Waals surface area contributed by atoms with Crippen LogP contribution in [0.4, 0.5) is 0 Å². The Morgan fingerprint density at radius 1 is 1.50 bits per heavy atom. The topological polar surface area (TPSA) is 79.5 Å². The minimum atomic E-state index is -1.07. The maximum Gasteiger partial charge on any atom is 0.339 e. The molecule has 1 aliphatic carbocycles. The molecule has 0 fully saturated rings. The standard InChI is InChI=1S/C16H17NO4S/c1-2-12-10(16(19)20)8-13(21-12)15(18)17-11-4-3-5-14-9(11)6-7-22-14/h6-8,11H,2-5H2,1H3,(H,17,18)(H,19,20). The molecule has 0 saturated heterocycles. The van der Waals surface area contributed by atoms with Gasteiger partial charge >= 0.3 is 5.97 Å². The summed E-state index contributed by atoms with van der Waals surface area (Å²) in [5.74, 6) is -1.03. The van der Waals surface area contributed by atoms with Crippen molar-refractivity contribution in [1.29, 1.82) is 0 Å². The SMILES string of the molecule is CCc1oc(C(=O)NC2CCCc3sccc32)cc1C(=O)O. The van der Waals surface area contributed by atoms with Crippen LogP contribution in [-0.2, 0) is 12.8 Å². The van der Waals surface area contributed by atoms with E-state index in [1.807, 2.05) is 11.4 Å². The Morgan fingerprint density at radius 2 is 2.32 bits per heavy atom. The summed E-state index contributed by atoms with van der Waals surface area (Å²) >= 11 is 1.71. The number of nitrogens with one attached hydrogen (secondary N) is 1. The highest BCUT2D eigenvalue weighted by molar-refractivity contribution is 7.10. The quantitative estimate of drug-likeness (QED) is 0.905. The molecule has 0 radical (unpaired) electrons. The summed E-state index contributed by atoms with van der Waals surface area (Å²) in [5, 5.41) is 14.1. The van der Waals surface area contributed by atoms with Crippen molar-refractivity contribution in [2.45, 2.75) is 38.6 Å². The van der Waals surface area contributed by atoms with E-state index in [9.17, 15) is 9.59 Å². The number of hydrogen-bond acceptors (Lipinski definition) is 4. The Balaban J connectivity index is 1.80. The number of thiophene rings is 1. The molecule has 1 aliphatic rings. The summed E-state index contributed by atoms with van der Waals surface area (Å²) < 4.78 is 5.41. The summed E-state index contributed by atoms with van der Waals surface area (Å²) in [4.78, 5) is 24.8. The zero-order chi connectivity index (χ0) is 15.7. The van der Waals surface area contributed by atoms with E-state index in [1.54, 1.807) is 18.3 Å². The molecule has 0 saturated carbocycles. The Kier molecular flexibility index (Phi) is 4.02. The molecule has 116 valence electrons. The minimum absolute atomic E-state index is 0.0223. The molecule has 2 aromatic heterocycles. The summed E-state index contributed by atoms with van der Waals surface area (Å²) in [5.41, 5.74) is 1.23. The van der Waals surface area contributed by atoms with Crippen molar-refractivity contribution in [2.24, 2.45) is 0 Å². The van der Waals surface area contributed by atoms with Crippen molar-refractivity contribution in [3.63, 3.8) is 0 Å². The number of rotatable bonds is 4. The van der Waals surface area contributed by atoms with Gasteiger partial charge in [0.25, 0.3) is 5.91 Å². The smallest absolute Gasteiger partial charge is 0.339 e. The molecule has 0 aliphatic heterocycles. The van der Waals surface area contributed by atoms with Gasteiger partial charge in [0.1, 0.15) is 11.3 Å². The molecule has 5 nitrogen and oxygen atoms in total. The van der Waals surface area contributed by atoms with Gasteiger partial charge in [-0.3, -0.25) is 4.79 Å². The van der Waals surface area contributed by atoms with E-state index in [0.29, 0.717) is 12.2 Å². The molecule has 2 aromatic rings. The van der Waals surface area contributed by atoms with Crippen LogP contribution in [0, 0.1) is 0 Å². The fraction of sp³-hybridized carbons (Fsp3) is 0.375. The molecular formula is C16H17NO4S. The number of aromatic carboxylic acids is 1. The number of amides is 1. The Hall–Kier alpha value is -2.08. The summed E-state index contributed by atoms with van der Waals surface area (Å²) in [6, 6.07) is 3.34. The average molecular weight is 319 g/mol. The molecule has 22 heavy (non-hydrogen) atoms. The van der Waals surface area contributed by atoms with Crippen LogP contribution in [0.1, 0.15) is 62.9 Å². The van der Waals surface area contributed by atoms with Crippen LogP contribution in [0.25, 0.3) is 0 Å². The van der Waals surface area contributed by atoms with E-state index in [0.717, 1.165) is 19.3 Å². The number of fused-ring (bicyclic) bond motifs is 1. The maximum atomic E-state index is 12.4. The van der Waals surface area contributed by atoms with Gasteiger partial charge in [-0.2, -0.15) is 0 Å². The van der Waals surface area contributed by atoms with E-state index < -0.39 is 5.97 Å². The number of carboxylic acids is 1. The van der Waals surface area contributed by atoms with Crippen LogP contribution in [0.3, 0.4) is 0 Å².